The summed E-state index contributed by atoms with van der Waals surface area (Å²) in [5, 5.41) is 22.0. The summed E-state index contributed by atoms with van der Waals surface area (Å²) in [6.45, 7) is 23.8. The summed E-state index contributed by atoms with van der Waals surface area (Å²) >= 11 is 0. The number of hydrogen-bond acceptors (Lipinski definition) is 5. The van der Waals surface area contributed by atoms with Gasteiger partial charge in [0.15, 0.2) is 0 Å². The predicted octanol–water partition coefficient (Wildman–Crippen LogP) is 8.83. The van der Waals surface area contributed by atoms with Gasteiger partial charge in [-0.15, -0.1) is 0 Å². The van der Waals surface area contributed by atoms with E-state index in [0.717, 1.165) is 14.1 Å². The van der Waals surface area contributed by atoms with Gasteiger partial charge in [0.2, 0.25) is 0 Å². The molecule has 8 nitrogen and oxygen atoms in total. The van der Waals surface area contributed by atoms with Gasteiger partial charge in [-0.05, 0) is 7.05 Å². The molecular formula is C40H73Ca2F12N4O4Si4+. The zero-order valence-electron chi connectivity index (χ0n) is 41.6. The van der Waals surface area contributed by atoms with Gasteiger partial charge in [-0.25, -0.2) is 0 Å². The van der Waals surface area contributed by atoms with Gasteiger partial charge in [0.1, 0.15) is 12.1 Å². The Bertz CT molecular complexity index is 1220. The molecule has 0 bridgehead atoms. The molecule has 26 heteroatoms. The van der Waals surface area contributed by atoms with Gasteiger partial charge < -0.3 is 38.8 Å². The van der Waals surface area contributed by atoms with Crippen LogP contribution in [-0.4, -0.2) is 217 Å². The van der Waals surface area contributed by atoms with Crippen LogP contribution in [0.1, 0.15) is 0 Å². The average Bonchev–Trinajstić information content (AvgIpc) is 3.07. The van der Waals surface area contributed by atoms with Gasteiger partial charge in [-0.1, -0.05) is 184 Å². The minimum absolute atomic E-state index is 0. The molecule has 0 saturated heterocycles. The zero-order valence-corrected chi connectivity index (χ0v) is 50.0. The Morgan fingerprint density at radius 1 is 0.470 bits per heavy atom. The third kappa shape index (κ3) is 42.4. The summed E-state index contributed by atoms with van der Waals surface area (Å²) in [4.78, 5) is 0.439. The van der Waals surface area contributed by atoms with Crippen molar-refractivity contribution in [3.8, 4) is 0 Å². The molecule has 2 aromatic carbocycles. The van der Waals surface area contributed by atoms with Crippen molar-refractivity contribution in [3.63, 3.8) is 0 Å². The van der Waals surface area contributed by atoms with Crippen molar-refractivity contribution in [2.24, 2.45) is 0 Å². The maximum atomic E-state index is 12.2. The van der Waals surface area contributed by atoms with Gasteiger partial charge in [0, 0.05) is 27.3 Å². The molecule has 1 atom stereocenters. The first-order valence-electron chi connectivity index (χ1n) is 20.0. The first-order chi connectivity index (χ1) is 28.3. The SMILES string of the molecule is COCCN(C)CC([O-])(C(F)(F)F)C(F)(F)F.COCC[NH+](C)CC([O-])(C(F)(F)F)C(F)(F)F.C[Si](C)(C)[N-][Si](C)(C)C.C[Si](C)(C)[N-][Si](C)(C)C.[Ca+2].[Ca+2].c1ccccc1.c1ccccc1. The van der Waals surface area contributed by atoms with Crippen LogP contribution in [-0.2, 0) is 9.47 Å². The van der Waals surface area contributed by atoms with Gasteiger partial charge in [-0.3, -0.25) is 0 Å². The molecule has 0 aliphatic heterocycles. The van der Waals surface area contributed by atoms with Crippen LogP contribution in [0.2, 0.25) is 78.6 Å². The largest absolute Gasteiger partial charge is 2.00 e. The van der Waals surface area contributed by atoms with Crippen LogP contribution in [0, 0.1) is 0 Å². The molecule has 0 aromatic heterocycles. The van der Waals surface area contributed by atoms with Crippen LogP contribution < -0.4 is 15.1 Å². The van der Waals surface area contributed by atoms with Crippen molar-refractivity contribution < 1.29 is 77.3 Å². The number of hydrogen-bond donors (Lipinski definition) is 1. The number of likely N-dealkylation sites (N-methyl/N-ethyl adjacent to an activating group) is 2. The first-order valence-corrected chi connectivity index (χ1v) is 33.7. The molecule has 0 radical (unpaired) electrons. The average molecular weight is 1090 g/mol. The molecule has 1 unspecified atom stereocenters. The topological polar surface area (TPSA) is 100 Å². The summed E-state index contributed by atoms with van der Waals surface area (Å²) < 4.78 is 165. The number of benzene rings is 2. The second kappa shape index (κ2) is 34.9. The van der Waals surface area contributed by atoms with Crippen LogP contribution in [0.15, 0.2) is 72.8 Å². The van der Waals surface area contributed by atoms with Crippen LogP contribution in [0.25, 0.3) is 9.30 Å². The normalized spacial score (nSPS) is 13.1. The smallest absolute Gasteiger partial charge is 0.835 e. The van der Waals surface area contributed by atoms with Gasteiger partial charge in [0.25, 0.3) is 0 Å². The molecular weight excluding hydrogens is 1020 g/mol. The molecule has 66 heavy (non-hydrogen) atoms. The molecule has 0 heterocycles. The predicted molar refractivity (Wildman–Crippen MR) is 252 cm³/mol. The second-order valence-corrected chi connectivity index (χ2v) is 37.6. The standard InChI is InChI=1S/2C8H12F6NO2.2C6H18NSi2.2C6H6.2Ca/c2*1-15(3-4-17-2)5-6(16,7(9,10)11)8(12,13)14;2*1-8(2,3)7-9(4,5)6;2*1-2-4-6-5-3-1;;/h2*3-5H2,1-2H3;2*1-6H3;2*1-6H;;/q4*-1;;;2*+2/p+1. The first kappa shape index (κ1) is 78.1. The fraction of sp³-hybridized carbons (Fsp3) is 0.700. The Morgan fingerprint density at radius 3 is 0.864 bits per heavy atom. The Balaban J connectivity index is -0.000000170. The van der Waals surface area contributed by atoms with E-state index in [4.69, 9.17) is 9.30 Å². The maximum absolute atomic E-state index is 12.2. The van der Waals surface area contributed by atoms with E-state index in [2.05, 4.69) is 88.0 Å². The van der Waals surface area contributed by atoms with Crippen molar-refractivity contribution in [2.75, 3.05) is 67.7 Å². The number of halogens is 12. The Labute approximate surface area is 450 Å². The molecule has 2 aromatic rings. The number of methoxy groups -OCH3 is 2. The number of nitrogens with one attached hydrogen (secondary N) is 1. The third-order valence-corrected chi connectivity index (χ3v) is 17.7. The molecule has 2 rings (SSSR count). The minimum atomic E-state index is -5.90. The summed E-state index contributed by atoms with van der Waals surface area (Å²) in [5.41, 5.74) is -9.93. The number of rotatable bonds is 14. The van der Waals surface area contributed by atoms with Gasteiger partial charge in [0.05, 0.1) is 32.4 Å². The van der Waals surface area contributed by atoms with Gasteiger partial charge in [-0.2, -0.15) is 52.7 Å². The van der Waals surface area contributed by atoms with E-state index >= 15 is 0 Å². The van der Waals surface area contributed by atoms with E-state index < -0.39 is 81.9 Å². The molecule has 0 spiro atoms. The van der Waals surface area contributed by atoms with Crippen molar-refractivity contribution in [2.45, 2.75) is 114 Å². The molecule has 0 aliphatic carbocycles. The third-order valence-electron chi connectivity index (χ3n) is 6.96. The van der Waals surface area contributed by atoms with Crippen molar-refractivity contribution in [1.29, 1.82) is 0 Å². The van der Waals surface area contributed by atoms with E-state index in [1.54, 1.807) is 0 Å². The second-order valence-electron chi connectivity index (χ2n) is 18.5. The van der Waals surface area contributed by atoms with E-state index in [0.29, 0.717) is 4.90 Å². The molecule has 1 N–H and O–H groups in total. The van der Waals surface area contributed by atoms with E-state index in [1.165, 1.54) is 14.2 Å². The van der Waals surface area contributed by atoms with Crippen molar-refractivity contribution in [1.82, 2.24) is 4.90 Å². The number of quaternary nitrogens is 1. The van der Waals surface area contributed by atoms with Crippen LogP contribution in [0.5, 0.6) is 0 Å². The molecule has 0 amide bonds. The summed E-state index contributed by atoms with van der Waals surface area (Å²) in [5.74, 6) is 0. The number of alkyl halides is 12. The van der Waals surface area contributed by atoms with E-state index in [9.17, 15) is 62.9 Å². The summed E-state index contributed by atoms with van der Waals surface area (Å²) in [7, 11) is 0.135. The van der Waals surface area contributed by atoms with E-state index in [1.807, 2.05) is 72.8 Å². The molecule has 0 aliphatic rings. The van der Waals surface area contributed by atoms with Crippen LogP contribution in [0.4, 0.5) is 52.7 Å². The molecule has 0 fully saturated rings. The summed E-state index contributed by atoms with van der Waals surface area (Å²) in [6, 6.07) is 24.0. The Hall–Kier alpha value is 0.667. The quantitative estimate of drug-likeness (QED) is 0.151. The Morgan fingerprint density at radius 2 is 0.697 bits per heavy atom. The zero-order chi connectivity index (χ0) is 51.7. The number of nitrogens with zero attached hydrogens (tertiary/aromatic N) is 3. The molecule has 0 saturated carbocycles. The monoisotopic (exact) mass is 1090 g/mol. The van der Waals surface area contributed by atoms with Crippen molar-refractivity contribution >= 4 is 108 Å². The van der Waals surface area contributed by atoms with Crippen LogP contribution in [0.3, 0.4) is 0 Å². The Kier molecular flexibility index (Phi) is 41.3. The fourth-order valence-corrected chi connectivity index (χ4v) is 21.1. The van der Waals surface area contributed by atoms with Gasteiger partial charge >= 0.3 is 100 Å². The van der Waals surface area contributed by atoms with E-state index in [-0.39, 0.29) is 107 Å². The number of ether oxygens (including phenoxy) is 2. The summed E-state index contributed by atoms with van der Waals surface area (Å²) in [6.07, 6.45) is -23.5. The fourth-order valence-electron chi connectivity index (χ4n) is 4.98. The maximum Gasteiger partial charge on any atom is 2.00 e. The molecule has 380 valence electrons. The van der Waals surface area contributed by atoms with Crippen molar-refractivity contribution in [3.05, 3.63) is 82.1 Å². The minimum Gasteiger partial charge on any atom is -0.835 e. The van der Waals surface area contributed by atoms with Crippen LogP contribution >= 0.6 is 0 Å².